The molecule has 0 aromatic heterocycles. The van der Waals surface area contributed by atoms with Gasteiger partial charge in [-0.05, 0) is 30.5 Å². The number of carbonyl (C=O) groups excluding carboxylic acids is 1. The molecule has 1 aromatic carbocycles. The second-order valence-electron chi connectivity index (χ2n) is 5.30. The van der Waals surface area contributed by atoms with Gasteiger partial charge in [-0.1, -0.05) is 17.7 Å². The molecule has 1 saturated carbocycles. The Morgan fingerprint density at radius 3 is 2.65 bits per heavy atom. The number of benzene rings is 1. The first-order valence-electron chi connectivity index (χ1n) is 6.48. The first-order valence-corrected chi connectivity index (χ1v) is 6.85. The monoisotopic (exact) mass is 297 g/mol. The Morgan fingerprint density at radius 2 is 2.10 bits per heavy atom. The number of carbonyl (C=O) groups is 2. The number of halogens is 2. The van der Waals surface area contributed by atoms with Gasteiger partial charge in [-0.3, -0.25) is 9.59 Å². The zero-order valence-electron chi connectivity index (χ0n) is 10.6. The molecule has 4 nitrogen and oxygen atoms in total. The summed E-state index contributed by atoms with van der Waals surface area (Å²) in [6.45, 7) is 0. The number of rotatable bonds is 3. The first kappa shape index (κ1) is 13.4. The zero-order chi connectivity index (χ0) is 14.4. The van der Waals surface area contributed by atoms with Crippen molar-refractivity contribution in [2.75, 3.05) is 0 Å². The van der Waals surface area contributed by atoms with Gasteiger partial charge in [0.1, 0.15) is 5.82 Å². The maximum absolute atomic E-state index is 13.3. The summed E-state index contributed by atoms with van der Waals surface area (Å²) in [5.41, 5.74) is 0.585. The summed E-state index contributed by atoms with van der Waals surface area (Å²) >= 11 is 5.77. The fourth-order valence-electron chi connectivity index (χ4n) is 2.85. The fourth-order valence-corrected chi connectivity index (χ4v) is 3.04. The second-order valence-corrected chi connectivity index (χ2v) is 5.71. The predicted molar refractivity (Wildman–Crippen MR) is 69.8 cm³/mol. The van der Waals surface area contributed by atoms with Crippen molar-refractivity contribution >= 4 is 23.5 Å². The molecule has 2 aliphatic rings. The van der Waals surface area contributed by atoms with Crippen LogP contribution in [0.3, 0.4) is 0 Å². The standard InChI is InChI=1S/C14H13ClFNO3/c15-10-5-7(1-4-11(10)16)13-9(14(19)20)6-12(18)17(13)8-2-3-8/h1,4-5,8-9,13H,2-3,6H2,(H,19,20). The largest absolute Gasteiger partial charge is 0.481 e. The van der Waals surface area contributed by atoms with Crippen LogP contribution in [-0.2, 0) is 9.59 Å². The topological polar surface area (TPSA) is 57.6 Å². The van der Waals surface area contributed by atoms with Crippen LogP contribution in [0.4, 0.5) is 4.39 Å². The van der Waals surface area contributed by atoms with Gasteiger partial charge in [0.25, 0.3) is 0 Å². The summed E-state index contributed by atoms with van der Waals surface area (Å²) in [5, 5.41) is 9.27. The SMILES string of the molecule is O=C(O)C1CC(=O)N(C2CC2)C1c1ccc(F)c(Cl)c1. The van der Waals surface area contributed by atoms with Crippen molar-refractivity contribution in [3.8, 4) is 0 Å². The van der Waals surface area contributed by atoms with Crippen molar-refractivity contribution in [2.45, 2.75) is 31.3 Å². The predicted octanol–water partition coefficient (Wildman–Crippen LogP) is 2.62. The Bertz CT molecular complexity index is 588. The summed E-state index contributed by atoms with van der Waals surface area (Å²) < 4.78 is 13.3. The lowest BCUT2D eigenvalue weighted by molar-refractivity contribution is -0.142. The van der Waals surface area contributed by atoms with E-state index in [-0.39, 0.29) is 23.4 Å². The number of hydrogen-bond donors (Lipinski definition) is 1. The molecule has 0 bridgehead atoms. The van der Waals surface area contributed by atoms with Crippen LogP contribution in [0.5, 0.6) is 0 Å². The van der Waals surface area contributed by atoms with E-state index >= 15 is 0 Å². The number of carboxylic acid groups (broad SMARTS) is 1. The Balaban J connectivity index is 2.02. The van der Waals surface area contributed by atoms with Crippen LogP contribution < -0.4 is 0 Å². The normalized spacial score (nSPS) is 26.1. The minimum Gasteiger partial charge on any atom is -0.481 e. The molecule has 1 heterocycles. The van der Waals surface area contributed by atoms with Gasteiger partial charge in [-0.2, -0.15) is 0 Å². The molecule has 1 amide bonds. The number of aliphatic carboxylic acids is 1. The molecule has 20 heavy (non-hydrogen) atoms. The molecule has 2 fully saturated rings. The Hall–Kier alpha value is -1.62. The Kier molecular flexibility index (Phi) is 3.17. The van der Waals surface area contributed by atoms with Crippen molar-refractivity contribution in [3.63, 3.8) is 0 Å². The van der Waals surface area contributed by atoms with Crippen LogP contribution >= 0.6 is 11.6 Å². The third-order valence-electron chi connectivity index (χ3n) is 3.91. The van der Waals surface area contributed by atoms with Crippen LogP contribution in [0.1, 0.15) is 30.9 Å². The molecular formula is C14H13ClFNO3. The highest BCUT2D eigenvalue weighted by atomic mass is 35.5. The van der Waals surface area contributed by atoms with E-state index in [4.69, 9.17) is 11.6 Å². The van der Waals surface area contributed by atoms with E-state index in [1.54, 1.807) is 4.90 Å². The molecule has 2 unspecified atom stereocenters. The van der Waals surface area contributed by atoms with Crippen LogP contribution in [-0.4, -0.2) is 27.9 Å². The summed E-state index contributed by atoms with van der Waals surface area (Å²) in [6, 6.07) is 3.71. The maximum atomic E-state index is 13.3. The van der Waals surface area contributed by atoms with E-state index in [0.29, 0.717) is 5.56 Å². The summed E-state index contributed by atoms with van der Waals surface area (Å²) in [5.74, 6) is -2.51. The molecular weight excluding hydrogens is 285 g/mol. The molecule has 1 aliphatic heterocycles. The smallest absolute Gasteiger partial charge is 0.309 e. The zero-order valence-corrected chi connectivity index (χ0v) is 11.3. The molecule has 0 radical (unpaired) electrons. The van der Waals surface area contributed by atoms with Gasteiger partial charge >= 0.3 is 5.97 Å². The van der Waals surface area contributed by atoms with Gasteiger partial charge in [-0.15, -0.1) is 0 Å². The molecule has 106 valence electrons. The number of likely N-dealkylation sites (tertiary alicyclic amines) is 1. The van der Waals surface area contributed by atoms with Crippen molar-refractivity contribution in [2.24, 2.45) is 5.92 Å². The minimum absolute atomic E-state index is 0.00844. The van der Waals surface area contributed by atoms with Crippen molar-refractivity contribution in [1.82, 2.24) is 4.90 Å². The molecule has 1 aliphatic carbocycles. The molecule has 0 spiro atoms. The fraction of sp³-hybridized carbons (Fsp3) is 0.429. The molecule has 3 rings (SSSR count). The molecule has 2 atom stereocenters. The highest BCUT2D eigenvalue weighted by Crippen LogP contribution is 2.45. The van der Waals surface area contributed by atoms with Crippen LogP contribution in [0.25, 0.3) is 0 Å². The number of carboxylic acids is 1. The lowest BCUT2D eigenvalue weighted by atomic mass is 9.93. The third-order valence-corrected chi connectivity index (χ3v) is 4.20. The lowest BCUT2D eigenvalue weighted by Crippen LogP contribution is -2.32. The highest BCUT2D eigenvalue weighted by Gasteiger charge is 2.49. The number of amides is 1. The van der Waals surface area contributed by atoms with Gasteiger partial charge in [-0.25, -0.2) is 4.39 Å². The Morgan fingerprint density at radius 1 is 1.40 bits per heavy atom. The van der Waals surface area contributed by atoms with E-state index in [0.717, 1.165) is 12.8 Å². The van der Waals surface area contributed by atoms with Gasteiger partial charge in [0.2, 0.25) is 5.91 Å². The number of hydrogen-bond acceptors (Lipinski definition) is 2. The van der Waals surface area contributed by atoms with Crippen molar-refractivity contribution in [1.29, 1.82) is 0 Å². The molecule has 6 heteroatoms. The van der Waals surface area contributed by atoms with Gasteiger partial charge in [0, 0.05) is 12.5 Å². The van der Waals surface area contributed by atoms with Crippen LogP contribution in [0.2, 0.25) is 5.02 Å². The quantitative estimate of drug-likeness (QED) is 0.933. The minimum atomic E-state index is -1.01. The lowest BCUT2D eigenvalue weighted by Gasteiger charge is -2.27. The van der Waals surface area contributed by atoms with Crippen LogP contribution in [0.15, 0.2) is 18.2 Å². The average Bonchev–Trinajstić information content (AvgIpc) is 3.16. The van der Waals surface area contributed by atoms with Crippen molar-refractivity contribution < 1.29 is 19.1 Å². The first-order chi connectivity index (χ1) is 9.49. The summed E-state index contributed by atoms with van der Waals surface area (Å²) in [4.78, 5) is 25.1. The van der Waals surface area contributed by atoms with Crippen molar-refractivity contribution in [3.05, 3.63) is 34.6 Å². The third kappa shape index (κ3) is 2.16. The van der Waals surface area contributed by atoms with Crippen LogP contribution in [0, 0.1) is 11.7 Å². The highest BCUT2D eigenvalue weighted by molar-refractivity contribution is 6.30. The van der Waals surface area contributed by atoms with E-state index in [1.807, 2.05) is 0 Å². The Labute approximate surface area is 120 Å². The average molecular weight is 298 g/mol. The van der Waals surface area contributed by atoms with Gasteiger partial charge < -0.3 is 10.0 Å². The van der Waals surface area contributed by atoms with E-state index < -0.39 is 23.7 Å². The summed E-state index contributed by atoms with van der Waals surface area (Å²) in [7, 11) is 0. The second kappa shape index (κ2) is 4.74. The van der Waals surface area contributed by atoms with E-state index in [1.165, 1.54) is 18.2 Å². The number of nitrogens with zero attached hydrogens (tertiary/aromatic N) is 1. The summed E-state index contributed by atoms with van der Waals surface area (Å²) in [6.07, 6.45) is 1.78. The van der Waals surface area contributed by atoms with Gasteiger partial charge in [0.15, 0.2) is 0 Å². The maximum Gasteiger partial charge on any atom is 0.309 e. The molecule has 1 saturated heterocycles. The van der Waals surface area contributed by atoms with E-state index in [2.05, 4.69) is 0 Å². The molecule has 1 N–H and O–H groups in total. The van der Waals surface area contributed by atoms with Gasteiger partial charge in [0.05, 0.1) is 17.0 Å². The van der Waals surface area contributed by atoms with E-state index in [9.17, 15) is 19.1 Å². The molecule has 1 aromatic rings.